The summed E-state index contributed by atoms with van der Waals surface area (Å²) in [5.74, 6) is 1.73. The zero-order valence-corrected chi connectivity index (χ0v) is 11.5. The van der Waals surface area contributed by atoms with E-state index < -0.39 is 0 Å². The lowest BCUT2D eigenvalue weighted by molar-refractivity contribution is 0.0210. The summed E-state index contributed by atoms with van der Waals surface area (Å²) in [5.41, 5.74) is 6.09. The van der Waals surface area contributed by atoms with E-state index in [9.17, 15) is 0 Å². The van der Waals surface area contributed by atoms with Gasteiger partial charge >= 0.3 is 0 Å². The molecule has 1 unspecified atom stereocenters. The monoisotopic (exact) mass is 264 g/mol. The molecular formula is C15H24N2O2. The fourth-order valence-corrected chi connectivity index (χ4v) is 3.21. The van der Waals surface area contributed by atoms with Crippen LogP contribution in [-0.4, -0.2) is 36.7 Å². The highest BCUT2D eigenvalue weighted by Gasteiger charge is 2.37. The van der Waals surface area contributed by atoms with Gasteiger partial charge < -0.3 is 14.9 Å². The van der Waals surface area contributed by atoms with Crippen molar-refractivity contribution in [3.8, 4) is 0 Å². The lowest BCUT2D eigenvalue weighted by Gasteiger charge is -2.38. The Hall–Kier alpha value is -0.840. The summed E-state index contributed by atoms with van der Waals surface area (Å²) in [7, 11) is 0. The van der Waals surface area contributed by atoms with Crippen molar-refractivity contribution in [1.82, 2.24) is 4.90 Å². The second kappa shape index (κ2) is 6.07. The van der Waals surface area contributed by atoms with Crippen LogP contribution in [-0.2, 0) is 11.3 Å². The van der Waals surface area contributed by atoms with Gasteiger partial charge in [-0.25, -0.2) is 0 Å². The van der Waals surface area contributed by atoms with Crippen LogP contribution >= 0.6 is 0 Å². The highest BCUT2D eigenvalue weighted by molar-refractivity contribution is 5.01. The van der Waals surface area contributed by atoms with Gasteiger partial charge in [0.25, 0.3) is 0 Å². The van der Waals surface area contributed by atoms with Gasteiger partial charge in [0.2, 0.25) is 0 Å². The molecule has 0 aromatic carbocycles. The van der Waals surface area contributed by atoms with Crippen molar-refractivity contribution in [3.05, 3.63) is 24.2 Å². The van der Waals surface area contributed by atoms with E-state index in [0.717, 1.165) is 44.9 Å². The molecule has 2 fully saturated rings. The van der Waals surface area contributed by atoms with Gasteiger partial charge in [-0.15, -0.1) is 0 Å². The SMILES string of the molecule is NCC(C1CCOCC1)N(Cc1ccco1)C1CC1. The molecule has 2 N–H and O–H groups in total. The Morgan fingerprint density at radius 2 is 2.05 bits per heavy atom. The Bertz CT molecular complexity index is 370. The predicted octanol–water partition coefficient (Wildman–Crippen LogP) is 2.00. The molecule has 1 saturated carbocycles. The quantitative estimate of drug-likeness (QED) is 0.854. The van der Waals surface area contributed by atoms with Gasteiger partial charge in [-0.3, -0.25) is 4.90 Å². The predicted molar refractivity (Wildman–Crippen MR) is 73.7 cm³/mol. The van der Waals surface area contributed by atoms with Crippen molar-refractivity contribution in [2.45, 2.75) is 44.3 Å². The van der Waals surface area contributed by atoms with Crippen molar-refractivity contribution >= 4 is 0 Å². The molecule has 1 aliphatic carbocycles. The van der Waals surface area contributed by atoms with Crippen molar-refractivity contribution in [2.24, 2.45) is 11.7 Å². The number of nitrogens with two attached hydrogens (primary N) is 1. The van der Waals surface area contributed by atoms with Gasteiger partial charge in [0.05, 0.1) is 12.8 Å². The van der Waals surface area contributed by atoms with E-state index >= 15 is 0 Å². The van der Waals surface area contributed by atoms with E-state index in [-0.39, 0.29) is 0 Å². The van der Waals surface area contributed by atoms with Crippen molar-refractivity contribution in [2.75, 3.05) is 19.8 Å². The number of hydrogen-bond donors (Lipinski definition) is 1. The van der Waals surface area contributed by atoms with Crippen LogP contribution < -0.4 is 5.73 Å². The Labute approximate surface area is 114 Å². The fourth-order valence-electron chi connectivity index (χ4n) is 3.21. The molecule has 4 nitrogen and oxygen atoms in total. The number of furan rings is 1. The molecule has 2 heterocycles. The second-order valence-corrected chi connectivity index (χ2v) is 5.74. The summed E-state index contributed by atoms with van der Waals surface area (Å²) in [6.07, 6.45) is 6.65. The Morgan fingerprint density at radius 3 is 2.63 bits per heavy atom. The van der Waals surface area contributed by atoms with Gasteiger partial charge in [0.1, 0.15) is 5.76 Å². The first-order valence-electron chi connectivity index (χ1n) is 7.44. The molecule has 1 aromatic rings. The number of rotatable bonds is 6. The normalized spacial score (nSPS) is 22.8. The third kappa shape index (κ3) is 3.19. The summed E-state index contributed by atoms with van der Waals surface area (Å²) in [6, 6.07) is 5.21. The first-order chi connectivity index (χ1) is 9.38. The Morgan fingerprint density at radius 1 is 1.26 bits per heavy atom. The zero-order chi connectivity index (χ0) is 13.1. The van der Waals surface area contributed by atoms with E-state index in [4.69, 9.17) is 14.9 Å². The molecule has 106 valence electrons. The molecule has 1 aliphatic heterocycles. The smallest absolute Gasteiger partial charge is 0.117 e. The van der Waals surface area contributed by atoms with Crippen LogP contribution in [0.5, 0.6) is 0 Å². The molecule has 1 aromatic heterocycles. The minimum atomic E-state index is 0.474. The Kier molecular flexibility index (Phi) is 4.21. The number of hydrogen-bond acceptors (Lipinski definition) is 4. The maximum absolute atomic E-state index is 6.09. The van der Waals surface area contributed by atoms with E-state index in [1.807, 2.05) is 6.07 Å². The van der Waals surface area contributed by atoms with Crippen LogP contribution in [0.1, 0.15) is 31.4 Å². The number of ether oxygens (including phenoxy) is 1. The topological polar surface area (TPSA) is 51.6 Å². The van der Waals surface area contributed by atoms with Crippen LogP contribution in [0.15, 0.2) is 22.8 Å². The fraction of sp³-hybridized carbons (Fsp3) is 0.733. The van der Waals surface area contributed by atoms with Crippen molar-refractivity contribution in [3.63, 3.8) is 0 Å². The summed E-state index contributed by atoms with van der Waals surface area (Å²) >= 11 is 0. The van der Waals surface area contributed by atoms with Crippen LogP contribution in [0.4, 0.5) is 0 Å². The average Bonchev–Trinajstić information content (AvgIpc) is 3.17. The lowest BCUT2D eigenvalue weighted by Crippen LogP contribution is -2.47. The molecule has 0 amide bonds. The first kappa shape index (κ1) is 13.2. The van der Waals surface area contributed by atoms with Crippen molar-refractivity contribution in [1.29, 1.82) is 0 Å². The second-order valence-electron chi connectivity index (χ2n) is 5.74. The van der Waals surface area contributed by atoms with Crippen LogP contribution in [0.3, 0.4) is 0 Å². The molecule has 19 heavy (non-hydrogen) atoms. The van der Waals surface area contributed by atoms with E-state index in [0.29, 0.717) is 18.0 Å². The van der Waals surface area contributed by atoms with E-state index in [1.54, 1.807) is 6.26 Å². The molecule has 0 bridgehead atoms. The molecule has 0 spiro atoms. The Balaban J connectivity index is 1.69. The molecule has 2 aliphatic rings. The largest absolute Gasteiger partial charge is 0.468 e. The van der Waals surface area contributed by atoms with E-state index in [2.05, 4.69) is 11.0 Å². The minimum Gasteiger partial charge on any atom is -0.468 e. The summed E-state index contributed by atoms with van der Waals surface area (Å²) in [5, 5.41) is 0. The summed E-state index contributed by atoms with van der Waals surface area (Å²) in [4.78, 5) is 2.58. The molecular weight excluding hydrogens is 240 g/mol. The van der Waals surface area contributed by atoms with Gasteiger partial charge in [0.15, 0.2) is 0 Å². The van der Waals surface area contributed by atoms with Gasteiger partial charge in [-0.1, -0.05) is 0 Å². The van der Waals surface area contributed by atoms with Gasteiger partial charge in [0, 0.05) is 31.8 Å². The first-order valence-corrected chi connectivity index (χ1v) is 7.44. The zero-order valence-electron chi connectivity index (χ0n) is 11.5. The van der Waals surface area contributed by atoms with Crippen LogP contribution in [0.2, 0.25) is 0 Å². The van der Waals surface area contributed by atoms with Gasteiger partial charge in [-0.05, 0) is 43.7 Å². The third-order valence-corrected chi connectivity index (χ3v) is 4.41. The molecule has 4 heteroatoms. The standard InChI is InChI=1S/C15H24N2O2/c16-10-15(12-5-8-18-9-6-12)17(13-3-4-13)11-14-2-1-7-19-14/h1-2,7,12-13,15H,3-6,8-11,16H2. The minimum absolute atomic E-state index is 0.474. The molecule has 1 atom stereocenters. The average molecular weight is 264 g/mol. The lowest BCUT2D eigenvalue weighted by atomic mass is 9.90. The third-order valence-electron chi connectivity index (χ3n) is 4.41. The summed E-state index contributed by atoms with van der Waals surface area (Å²) < 4.78 is 11.0. The molecule has 0 radical (unpaired) electrons. The molecule has 3 rings (SSSR count). The van der Waals surface area contributed by atoms with Gasteiger partial charge in [-0.2, -0.15) is 0 Å². The van der Waals surface area contributed by atoms with Crippen LogP contribution in [0, 0.1) is 5.92 Å². The number of nitrogens with zero attached hydrogens (tertiary/aromatic N) is 1. The van der Waals surface area contributed by atoms with Crippen molar-refractivity contribution < 1.29 is 9.15 Å². The molecule has 1 saturated heterocycles. The maximum Gasteiger partial charge on any atom is 0.117 e. The highest BCUT2D eigenvalue weighted by Crippen LogP contribution is 2.34. The highest BCUT2D eigenvalue weighted by atomic mass is 16.5. The van der Waals surface area contributed by atoms with Crippen LogP contribution in [0.25, 0.3) is 0 Å². The summed E-state index contributed by atoms with van der Waals surface area (Å²) in [6.45, 7) is 3.42. The maximum atomic E-state index is 6.09. The van der Waals surface area contributed by atoms with E-state index in [1.165, 1.54) is 12.8 Å².